The zero-order valence-electron chi connectivity index (χ0n) is 23.7. The molecule has 1 saturated carbocycles. The van der Waals surface area contributed by atoms with Gasteiger partial charge in [0.1, 0.15) is 11.9 Å². The van der Waals surface area contributed by atoms with Crippen LogP contribution in [0.1, 0.15) is 70.2 Å². The highest BCUT2D eigenvalue weighted by atomic mass is 16.1. The second kappa shape index (κ2) is 10.3. The van der Waals surface area contributed by atoms with Crippen molar-refractivity contribution in [2.75, 3.05) is 6.54 Å². The number of fused-ring (bicyclic) bond motifs is 3. The topological polar surface area (TPSA) is 170 Å². The molecule has 216 valence electrons. The molecule has 1 aromatic heterocycles. The summed E-state index contributed by atoms with van der Waals surface area (Å²) in [4.78, 5) is 29.8. The predicted octanol–water partition coefficient (Wildman–Crippen LogP) is 2.43. The van der Waals surface area contributed by atoms with Crippen LogP contribution >= 0.6 is 0 Å². The van der Waals surface area contributed by atoms with Crippen molar-refractivity contribution in [2.24, 2.45) is 17.4 Å². The second-order valence-electron chi connectivity index (χ2n) is 12.0. The molecule has 2 unspecified atom stereocenters. The summed E-state index contributed by atoms with van der Waals surface area (Å²) in [6.07, 6.45) is 3.91. The van der Waals surface area contributed by atoms with Crippen LogP contribution in [0.25, 0.3) is 5.70 Å². The summed E-state index contributed by atoms with van der Waals surface area (Å²) in [5, 5.41) is 20.4. The number of carbonyl (C=O) groups is 1. The Hall–Kier alpha value is -4.62. The number of carbonyl (C=O) groups excluding carboxylic acids is 1. The smallest absolute Gasteiger partial charge is 0.340 e. The third-order valence-corrected chi connectivity index (χ3v) is 9.24. The van der Waals surface area contributed by atoms with Gasteiger partial charge in [-0.15, -0.1) is 0 Å². The van der Waals surface area contributed by atoms with Crippen LogP contribution < -0.4 is 22.5 Å². The minimum atomic E-state index is -0.872. The lowest BCUT2D eigenvalue weighted by molar-refractivity contribution is 0.1000. The molecule has 6 rings (SSSR count). The highest BCUT2D eigenvalue weighted by Crippen LogP contribution is 2.49. The number of H-pyrrole nitrogens is 2. The van der Waals surface area contributed by atoms with Crippen molar-refractivity contribution in [3.05, 3.63) is 105 Å². The fourth-order valence-electron chi connectivity index (χ4n) is 7.19. The molecule has 1 aliphatic heterocycles. The lowest BCUT2D eigenvalue weighted by Crippen LogP contribution is -2.42. The van der Waals surface area contributed by atoms with Crippen molar-refractivity contribution < 1.29 is 4.79 Å². The average Bonchev–Trinajstić information content (AvgIpc) is 3.46. The third kappa shape index (κ3) is 4.60. The van der Waals surface area contributed by atoms with E-state index in [9.17, 15) is 14.9 Å². The van der Waals surface area contributed by atoms with Gasteiger partial charge >= 0.3 is 5.69 Å². The molecule has 0 spiro atoms. The van der Waals surface area contributed by atoms with Gasteiger partial charge in [0, 0.05) is 35.6 Å². The maximum atomic E-state index is 12.5. The molecule has 10 heteroatoms. The summed E-state index contributed by atoms with van der Waals surface area (Å²) < 4.78 is 0. The van der Waals surface area contributed by atoms with Gasteiger partial charge in [-0.1, -0.05) is 31.4 Å². The monoisotopic (exact) mass is 564 g/mol. The number of nitrogens with zero attached hydrogens (tertiary/aromatic N) is 3. The van der Waals surface area contributed by atoms with Gasteiger partial charge in [0.2, 0.25) is 5.91 Å². The first-order chi connectivity index (χ1) is 20.1. The van der Waals surface area contributed by atoms with Crippen molar-refractivity contribution in [3.8, 4) is 6.07 Å². The number of nitriles is 1. The van der Waals surface area contributed by atoms with Gasteiger partial charge < -0.3 is 21.7 Å². The number of aryl methyl sites for hydroxylation is 2. The number of aromatic nitrogens is 3. The molecule has 3 aliphatic rings. The molecule has 2 heterocycles. The number of nitrogens with two attached hydrogens (primary N) is 2. The maximum absolute atomic E-state index is 12.5. The van der Waals surface area contributed by atoms with E-state index in [0.29, 0.717) is 54.9 Å². The van der Waals surface area contributed by atoms with Crippen LogP contribution in [0.4, 0.5) is 0 Å². The highest BCUT2D eigenvalue weighted by Gasteiger charge is 2.52. The molecule has 1 saturated heterocycles. The van der Waals surface area contributed by atoms with E-state index in [2.05, 4.69) is 57.6 Å². The Morgan fingerprint density at radius 2 is 1.83 bits per heavy atom. The first kappa shape index (κ1) is 27.5. The largest absolute Gasteiger partial charge is 0.399 e. The number of rotatable bonds is 9. The average molecular weight is 565 g/mol. The van der Waals surface area contributed by atoms with Crippen molar-refractivity contribution >= 4 is 11.6 Å². The highest BCUT2D eigenvalue weighted by molar-refractivity contribution is 5.93. The summed E-state index contributed by atoms with van der Waals surface area (Å²) >= 11 is 0. The number of primary amides is 1. The number of nitrogens with one attached hydrogen (secondary N) is 3. The van der Waals surface area contributed by atoms with Gasteiger partial charge in [0.05, 0.1) is 11.5 Å². The van der Waals surface area contributed by atoms with Crippen LogP contribution in [0.5, 0.6) is 0 Å². The van der Waals surface area contributed by atoms with E-state index in [1.807, 2.05) is 24.3 Å². The molecule has 2 aromatic carbocycles. The minimum Gasteiger partial charge on any atom is -0.399 e. The summed E-state index contributed by atoms with van der Waals surface area (Å²) in [7, 11) is 0. The van der Waals surface area contributed by atoms with Gasteiger partial charge in [0.25, 0.3) is 0 Å². The Balaban J connectivity index is 1.43. The maximum Gasteiger partial charge on any atom is 0.340 e. The molecule has 3 aromatic rings. The lowest BCUT2D eigenvalue weighted by atomic mass is 9.67. The Morgan fingerprint density at radius 1 is 1.17 bits per heavy atom. The standard InChI is InChI=1S/C32H36N8O2/c1-17(36-16-18(2)40-25(15-33)12-24-13-28(24)40)14-32(30-37-31(42)39-38-30)26-8-6-20(19(3)34)10-21(26)4-5-22-11-23(29(35)41)7-9-27(22)32/h6-11,17,24-25,28,36H,2-5,12-14,16,34H2,1H3,(H2,35,41)(H2,37,38,39,42)/t17-,24-,25?,28+,32?/m1/s1. The van der Waals surface area contributed by atoms with Crippen LogP contribution in [0.2, 0.25) is 0 Å². The molecule has 5 atom stereocenters. The van der Waals surface area contributed by atoms with Crippen LogP contribution in [-0.2, 0) is 18.3 Å². The van der Waals surface area contributed by atoms with Crippen molar-refractivity contribution in [1.82, 2.24) is 25.4 Å². The van der Waals surface area contributed by atoms with Gasteiger partial charge in [0.15, 0.2) is 0 Å². The summed E-state index contributed by atoms with van der Waals surface area (Å²) in [6.45, 7) is 10.9. The van der Waals surface area contributed by atoms with Crippen LogP contribution in [0.3, 0.4) is 0 Å². The molecular weight excluding hydrogens is 528 g/mol. The predicted molar refractivity (Wildman–Crippen MR) is 160 cm³/mol. The van der Waals surface area contributed by atoms with Crippen molar-refractivity contribution in [2.45, 2.75) is 62.6 Å². The molecule has 2 fully saturated rings. The first-order valence-corrected chi connectivity index (χ1v) is 14.4. The number of likely N-dealkylation sites (tertiary alicyclic amines) is 1. The summed E-state index contributed by atoms with van der Waals surface area (Å²) in [5.74, 6) is 0.590. The molecule has 0 radical (unpaired) electrons. The molecule has 42 heavy (non-hydrogen) atoms. The molecule has 0 bridgehead atoms. The molecule has 7 N–H and O–H groups in total. The van der Waals surface area contributed by atoms with Crippen LogP contribution in [0.15, 0.2) is 60.0 Å². The normalized spacial score (nSPS) is 24.5. The Bertz CT molecular complexity index is 1630. The van der Waals surface area contributed by atoms with E-state index < -0.39 is 17.0 Å². The lowest BCUT2D eigenvalue weighted by Gasteiger charge is -2.37. The van der Waals surface area contributed by atoms with Gasteiger partial charge in [-0.25, -0.2) is 9.89 Å². The zero-order valence-corrected chi connectivity index (χ0v) is 23.7. The summed E-state index contributed by atoms with van der Waals surface area (Å²) in [6, 6.07) is 14.3. The zero-order chi connectivity index (χ0) is 29.8. The number of amides is 1. The summed E-state index contributed by atoms with van der Waals surface area (Å²) in [5.41, 5.74) is 17.1. The number of benzene rings is 2. The van der Waals surface area contributed by atoms with Gasteiger partial charge in [-0.3, -0.25) is 9.78 Å². The molecule has 10 nitrogen and oxygen atoms in total. The van der Waals surface area contributed by atoms with E-state index in [0.717, 1.165) is 46.4 Å². The number of hydrogen-bond donors (Lipinski definition) is 5. The Kier molecular flexibility index (Phi) is 6.78. The molecule has 1 amide bonds. The fraction of sp³-hybridized carbons (Fsp3) is 0.375. The van der Waals surface area contributed by atoms with Crippen LogP contribution in [0, 0.1) is 17.2 Å². The molecular formula is C32H36N8O2. The second-order valence-corrected chi connectivity index (χ2v) is 12.0. The Labute approximate surface area is 244 Å². The number of aromatic amines is 2. The van der Waals surface area contributed by atoms with E-state index in [1.165, 1.54) is 0 Å². The van der Waals surface area contributed by atoms with Crippen molar-refractivity contribution in [3.63, 3.8) is 0 Å². The minimum absolute atomic E-state index is 0.0705. The quantitative estimate of drug-likeness (QED) is 0.266. The van der Waals surface area contributed by atoms with Crippen LogP contribution in [-0.4, -0.2) is 50.7 Å². The number of hydrogen-bond acceptors (Lipinski definition) is 7. The molecule has 2 aliphatic carbocycles. The first-order valence-electron chi connectivity index (χ1n) is 14.4. The number of piperidine rings is 1. The fourth-order valence-corrected chi connectivity index (χ4v) is 7.19. The van der Waals surface area contributed by atoms with Gasteiger partial charge in [-0.2, -0.15) is 10.4 Å². The third-order valence-electron chi connectivity index (χ3n) is 9.24. The Morgan fingerprint density at radius 3 is 2.43 bits per heavy atom. The SMILES string of the molecule is C=C(N)c1ccc2c(c1)CCc1cc(C(N)=O)ccc1C2(C[C@@H](C)NCC(=C)N1C(C#N)C[C@@H]2C[C@@H]21)c1n[nH]c(=O)[nH]1. The van der Waals surface area contributed by atoms with E-state index in [-0.39, 0.29) is 12.1 Å². The van der Waals surface area contributed by atoms with Crippen molar-refractivity contribution in [1.29, 1.82) is 5.26 Å². The van der Waals surface area contributed by atoms with E-state index >= 15 is 0 Å². The van der Waals surface area contributed by atoms with E-state index in [4.69, 9.17) is 11.5 Å². The van der Waals surface area contributed by atoms with Gasteiger partial charge in [-0.05, 0) is 91.0 Å². The van der Waals surface area contributed by atoms with E-state index in [1.54, 1.807) is 6.07 Å².